The summed E-state index contributed by atoms with van der Waals surface area (Å²) >= 11 is 0. The van der Waals surface area contributed by atoms with Crippen molar-refractivity contribution < 1.29 is 4.79 Å². The highest BCUT2D eigenvalue weighted by atomic mass is 16.1. The van der Waals surface area contributed by atoms with Gasteiger partial charge in [0.25, 0.3) is 0 Å². The van der Waals surface area contributed by atoms with E-state index in [-0.39, 0.29) is 5.92 Å². The van der Waals surface area contributed by atoms with Crippen LogP contribution in [0.1, 0.15) is 47.0 Å². The fraction of sp³-hybridized carbons (Fsp3) is 0.588. The molecule has 0 fully saturated rings. The molecule has 1 aliphatic rings. The van der Waals surface area contributed by atoms with Gasteiger partial charge in [0.05, 0.1) is 0 Å². The summed E-state index contributed by atoms with van der Waals surface area (Å²) in [7, 11) is 0. The molecular weight excluding hydrogens is 220 g/mol. The molecule has 0 N–H and O–H groups in total. The Morgan fingerprint density at radius 3 is 2.39 bits per heavy atom. The van der Waals surface area contributed by atoms with Crippen molar-refractivity contribution in [1.82, 2.24) is 0 Å². The second kappa shape index (κ2) is 7.35. The van der Waals surface area contributed by atoms with Crippen LogP contribution in [0.3, 0.4) is 0 Å². The van der Waals surface area contributed by atoms with Crippen molar-refractivity contribution in [2.24, 2.45) is 17.8 Å². The van der Waals surface area contributed by atoms with Crippen molar-refractivity contribution in [2.75, 3.05) is 0 Å². The number of hydrogen-bond donors (Lipinski definition) is 0. The zero-order valence-electron chi connectivity index (χ0n) is 12.1. The SMILES string of the molecule is CC(=O)C1CCC=CC(C)C(C)C=CCC=C1C. The highest BCUT2D eigenvalue weighted by Crippen LogP contribution is 2.21. The minimum absolute atomic E-state index is 0.107. The summed E-state index contributed by atoms with van der Waals surface area (Å²) in [6.45, 7) is 8.30. The Kier molecular flexibility index (Phi) is 6.11. The molecule has 0 bridgehead atoms. The van der Waals surface area contributed by atoms with E-state index in [9.17, 15) is 4.79 Å². The third kappa shape index (κ3) is 4.64. The first kappa shape index (κ1) is 14.9. The second-order valence-corrected chi connectivity index (χ2v) is 5.50. The van der Waals surface area contributed by atoms with Gasteiger partial charge in [0, 0.05) is 5.92 Å². The van der Waals surface area contributed by atoms with Crippen LogP contribution in [0.2, 0.25) is 0 Å². The molecule has 3 atom stereocenters. The van der Waals surface area contributed by atoms with Gasteiger partial charge >= 0.3 is 0 Å². The third-order valence-corrected chi connectivity index (χ3v) is 3.95. The lowest BCUT2D eigenvalue weighted by Crippen LogP contribution is -2.12. The second-order valence-electron chi connectivity index (χ2n) is 5.50. The molecule has 1 heteroatoms. The van der Waals surface area contributed by atoms with E-state index in [0.717, 1.165) is 19.3 Å². The molecule has 0 saturated carbocycles. The Morgan fingerprint density at radius 1 is 1.17 bits per heavy atom. The summed E-state index contributed by atoms with van der Waals surface area (Å²) < 4.78 is 0. The van der Waals surface area contributed by atoms with Gasteiger partial charge in [0.15, 0.2) is 0 Å². The first-order valence-corrected chi connectivity index (χ1v) is 7.02. The zero-order valence-corrected chi connectivity index (χ0v) is 12.1. The van der Waals surface area contributed by atoms with E-state index in [2.05, 4.69) is 51.2 Å². The monoisotopic (exact) mass is 246 g/mol. The largest absolute Gasteiger partial charge is 0.299 e. The molecule has 3 unspecified atom stereocenters. The smallest absolute Gasteiger partial charge is 0.136 e. The number of allylic oxidation sites excluding steroid dienone is 6. The first-order valence-electron chi connectivity index (χ1n) is 7.02. The topological polar surface area (TPSA) is 17.1 Å². The molecular formula is C17H26O. The third-order valence-electron chi connectivity index (χ3n) is 3.95. The van der Waals surface area contributed by atoms with Gasteiger partial charge in [-0.25, -0.2) is 0 Å². The highest BCUT2D eigenvalue weighted by Gasteiger charge is 2.15. The van der Waals surface area contributed by atoms with Crippen molar-refractivity contribution in [2.45, 2.75) is 47.0 Å². The van der Waals surface area contributed by atoms with Crippen molar-refractivity contribution in [3.8, 4) is 0 Å². The lowest BCUT2D eigenvalue weighted by molar-refractivity contribution is -0.119. The van der Waals surface area contributed by atoms with Gasteiger partial charge in [-0.05, 0) is 44.9 Å². The summed E-state index contributed by atoms with van der Waals surface area (Å²) in [5.41, 5.74) is 1.22. The molecule has 1 nitrogen and oxygen atoms in total. The molecule has 18 heavy (non-hydrogen) atoms. The molecule has 0 spiro atoms. The Hall–Kier alpha value is -1.11. The van der Waals surface area contributed by atoms with E-state index in [0.29, 0.717) is 17.6 Å². The standard InChI is InChI=1S/C17H26O/c1-13-9-5-6-11-15(3)17(16(4)18)12-8-7-10-14(13)2/h5,7,9-11,13-14,17H,6,8,12H2,1-4H3. The van der Waals surface area contributed by atoms with Crippen LogP contribution in [0.4, 0.5) is 0 Å². The van der Waals surface area contributed by atoms with Crippen LogP contribution in [-0.4, -0.2) is 5.78 Å². The van der Waals surface area contributed by atoms with Crippen molar-refractivity contribution in [3.63, 3.8) is 0 Å². The van der Waals surface area contributed by atoms with Gasteiger partial charge in [0.1, 0.15) is 5.78 Å². The Labute approximate surface area is 112 Å². The maximum absolute atomic E-state index is 11.7. The fourth-order valence-electron chi connectivity index (χ4n) is 2.37. The van der Waals surface area contributed by atoms with E-state index >= 15 is 0 Å². The Bertz CT molecular complexity index is 360. The minimum Gasteiger partial charge on any atom is -0.299 e. The molecule has 0 radical (unpaired) electrons. The lowest BCUT2D eigenvalue weighted by atomic mass is 9.89. The predicted octanol–water partition coefficient (Wildman–Crippen LogP) is 4.71. The average molecular weight is 246 g/mol. The van der Waals surface area contributed by atoms with Crippen LogP contribution in [0.25, 0.3) is 0 Å². The van der Waals surface area contributed by atoms with Crippen LogP contribution in [0.5, 0.6) is 0 Å². The maximum Gasteiger partial charge on any atom is 0.136 e. The normalized spacial score (nSPS) is 30.2. The summed E-state index contributed by atoms with van der Waals surface area (Å²) in [5, 5.41) is 0. The first-order chi connectivity index (χ1) is 8.52. The van der Waals surface area contributed by atoms with Crippen molar-refractivity contribution >= 4 is 5.78 Å². The maximum atomic E-state index is 11.7. The number of ketones is 1. The molecule has 0 aliphatic heterocycles. The molecule has 0 aromatic rings. The summed E-state index contributed by atoms with van der Waals surface area (Å²) in [5.74, 6) is 1.55. The average Bonchev–Trinajstić information content (AvgIpc) is 2.31. The fourth-order valence-corrected chi connectivity index (χ4v) is 2.37. The molecule has 0 amide bonds. The van der Waals surface area contributed by atoms with Gasteiger partial charge in [-0.1, -0.05) is 49.8 Å². The number of hydrogen-bond acceptors (Lipinski definition) is 1. The minimum atomic E-state index is 0.107. The van der Waals surface area contributed by atoms with Crippen LogP contribution in [0, 0.1) is 17.8 Å². The van der Waals surface area contributed by atoms with Crippen molar-refractivity contribution in [3.05, 3.63) is 36.0 Å². The van der Waals surface area contributed by atoms with Gasteiger partial charge in [0.2, 0.25) is 0 Å². The summed E-state index contributed by atoms with van der Waals surface area (Å²) in [4.78, 5) is 11.7. The number of carbonyl (C=O) groups is 1. The predicted molar refractivity (Wildman–Crippen MR) is 78.4 cm³/mol. The molecule has 0 heterocycles. The van der Waals surface area contributed by atoms with Crippen LogP contribution in [-0.2, 0) is 4.79 Å². The lowest BCUT2D eigenvalue weighted by Gasteiger charge is -2.16. The molecule has 1 rings (SSSR count). The van der Waals surface area contributed by atoms with Gasteiger partial charge in [-0.15, -0.1) is 0 Å². The van der Waals surface area contributed by atoms with Crippen LogP contribution >= 0.6 is 0 Å². The zero-order chi connectivity index (χ0) is 13.5. The van der Waals surface area contributed by atoms with E-state index in [4.69, 9.17) is 0 Å². The molecule has 0 aromatic heterocycles. The Balaban J connectivity index is 2.85. The van der Waals surface area contributed by atoms with E-state index in [1.54, 1.807) is 6.92 Å². The Morgan fingerprint density at radius 2 is 1.78 bits per heavy atom. The van der Waals surface area contributed by atoms with Gasteiger partial charge in [-0.3, -0.25) is 4.79 Å². The number of rotatable bonds is 1. The molecule has 0 aromatic carbocycles. The molecule has 1 aliphatic carbocycles. The van der Waals surface area contributed by atoms with Gasteiger partial charge in [-0.2, -0.15) is 0 Å². The van der Waals surface area contributed by atoms with Crippen LogP contribution in [0.15, 0.2) is 36.0 Å². The molecule has 100 valence electrons. The molecule has 0 saturated heterocycles. The number of carbonyl (C=O) groups excluding carboxylic acids is 1. The van der Waals surface area contributed by atoms with E-state index in [1.807, 2.05) is 0 Å². The quantitative estimate of drug-likeness (QED) is 0.613. The number of Topliss-reactive ketones (excluding diaryl/α,β-unsaturated/α-hetero) is 1. The van der Waals surface area contributed by atoms with E-state index in [1.165, 1.54) is 5.57 Å². The van der Waals surface area contributed by atoms with Crippen molar-refractivity contribution in [1.29, 1.82) is 0 Å². The van der Waals surface area contributed by atoms with Crippen LogP contribution < -0.4 is 0 Å². The van der Waals surface area contributed by atoms with Gasteiger partial charge < -0.3 is 0 Å². The summed E-state index contributed by atoms with van der Waals surface area (Å²) in [6, 6.07) is 0. The van der Waals surface area contributed by atoms with E-state index < -0.39 is 0 Å². The summed E-state index contributed by atoms with van der Waals surface area (Å²) in [6.07, 6.45) is 14.1. The highest BCUT2D eigenvalue weighted by molar-refractivity contribution is 5.81.